The standard InChI is InChI=1S/C24H23FO4/c1-2-27-24(26)15-13-18-12-14-23(21(25)16-18)28-17-19-8-6-7-11-22(19)29-20-9-4-3-5-10-20/h3-12,14,16H,2,13,15,17H2,1H3. The Labute approximate surface area is 169 Å². The number of aryl methyl sites for hydroxylation is 1. The SMILES string of the molecule is CCOC(=O)CCc1ccc(OCc2ccccc2Oc2ccccc2)c(F)c1. The van der Waals surface area contributed by atoms with Crippen molar-refractivity contribution < 1.29 is 23.4 Å². The van der Waals surface area contributed by atoms with Gasteiger partial charge in [-0.2, -0.15) is 0 Å². The smallest absolute Gasteiger partial charge is 0.306 e. The molecule has 0 fully saturated rings. The van der Waals surface area contributed by atoms with Crippen molar-refractivity contribution in [2.75, 3.05) is 6.61 Å². The lowest BCUT2D eigenvalue weighted by Gasteiger charge is -2.13. The van der Waals surface area contributed by atoms with E-state index in [-0.39, 0.29) is 24.7 Å². The zero-order valence-electron chi connectivity index (χ0n) is 16.3. The van der Waals surface area contributed by atoms with Crippen molar-refractivity contribution >= 4 is 5.97 Å². The molecule has 150 valence electrons. The number of ether oxygens (including phenoxy) is 3. The number of esters is 1. The van der Waals surface area contributed by atoms with Gasteiger partial charge in [0.15, 0.2) is 11.6 Å². The number of carbonyl (C=O) groups is 1. The topological polar surface area (TPSA) is 44.8 Å². The van der Waals surface area contributed by atoms with Gasteiger partial charge >= 0.3 is 5.97 Å². The molecule has 0 aliphatic rings. The number of carbonyl (C=O) groups excluding carboxylic acids is 1. The van der Waals surface area contributed by atoms with E-state index in [4.69, 9.17) is 14.2 Å². The second-order valence-corrected chi connectivity index (χ2v) is 6.38. The average Bonchev–Trinajstić information content (AvgIpc) is 2.73. The third-order valence-electron chi connectivity index (χ3n) is 4.25. The van der Waals surface area contributed by atoms with Gasteiger partial charge in [-0.3, -0.25) is 4.79 Å². The summed E-state index contributed by atoms with van der Waals surface area (Å²) in [4.78, 5) is 11.4. The normalized spacial score (nSPS) is 10.4. The highest BCUT2D eigenvalue weighted by Crippen LogP contribution is 2.27. The molecule has 0 amide bonds. The lowest BCUT2D eigenvalue weighted by Crippen LogP contribution is -2.05. The minimum absolute atomic E-state index is 0.152. The van der Waals surface area contributed by atoms with Crippen LogP contribution in [-0.4, -0.2) is 12.6 Å². The summed E-state index contributed by atoms with van der Waals surface area (Å²) in [6.07, 6.45) is 0.640. The number of hydrogen-bond donors (Lipinski definition) is 0. The van der Waals surface area contributed by atoms with E-state index in [0.29, 0.717) is 18.8 Å². The maximum Gasteiger partial charge on any atom is 0.306 e. The predicted octanol–water partition coefficient (Wildman–Crippen LogP) is 5.69. The Morgan fingerprint density at radius 1 is 0.931 bits per heavy atom. The Bertz CT molecular complexity index is 941. The molecule has 0 aromatic heterocycles. The van der Waals surface area contributed by atoms with Gasteiger partial charge in [0.2, 0.25) is 0 Å². The fourth-order valence-corrected chi connectivity index (χ4v) is 2.79. The molecular formula is C24H23FO4. The monoisotopic (exact) mass is 394 g/mol. The van der Waals surface area contributed by atoms with E-state index in [1.54, 1.807) is 19.1 Å². The molecule has 0 atom stereocenters. The van der Waals surface area contributed by atoms with Crippen LogP contribution in [0.4, 0.5) is 4.39 Å². The van der Waals surface area contributed by atoms with Gasteiger partial charge < -0.3 is 14.2 Å². The first-order chi connectivity index (χ1) is 14.2. The summed E-state index contributed by atoms with van der Waals surface area (Å²) >= 11 is 0. The van der Waals surface area contributed by atoms with Crippen molar-refractivity contribution in [3.8, 4) is 17.2 Å². The first-order valence-corrected chi connectivity index (χ1v) is 9.53. The van der Waals surface area contributed by atoms with Crippen molar-refractivity contribution in [2.45, 2.75) is 26.4 Å². The summed E-state index contributed by atoms with van der Waals surface area (Å²) < 4.78 is 30.9. The molecule has 3 aromatic carbocycles. The lowest BCUT2D eigenvalue weighted by atomic mass is 10.1. The molecule has 0 bridgehead atoms. The number of rotatable bonds is 9. The Balaban J connectivity index is 1.62. The Morgan fingerprint density at radius 2 is 1.69 bits per heavy atom. The molecule has 0 spiro atoms. The second kappa shape index (κ2) is 10.3. The van der Waals surface area contributed by atoms with Gasteiger partial charge in [0.1, 0.15) is 18.1 Å². The molecule has 0 N–H and O–H groups in total. The summed E-state index contributed by atoms with van der Waals surface area (Å²) in [6, 6.07) is 21.7. The van der Waals surface area contributed by atoms with Crippen LogP contribution in [0.15, 0.2) is 72.8 Å². The third kappa shape index (κ3) is 6.07. The molecule has 0 aliphatic heterocycles. The van der Waals surface area contributed by atoms with E-state index in [0.717, 1.165) is 16.9 Å². The maximum absolute atomic E-state index is 14.4. The largest absolute Gasteiger partial charge is 0.486 e. The van der Waals surface area contributed by atoms with Crippen LogP contribution >= 0.6 is 0 Å². The molecule has 0 unspecified atom stereocenters. The van der Waals surface area contributed by atoms with Gasteiger partial charge in [0, 0.05) is 12.0 Å². The summed E-state index contributed by atoms with van der Waals surface area (Å²) in [5.41, 5.74) is 1.53. The maximum atomic E-state index is 14.4. The molecule has 3 rings (SSSR count). The van der Waals surface area contributed by atoms with Gasteiger partial charge in [-0.25, -0.2) is 4.39 Å². The van der Waals surface area contributed by atoms with E-state index in [1.807, 2.05) is 54.6 Å². The summed E-state index contributed by atoms with van der Waals surface area (Å²) in [6.45, 7) is 2.27. The third-order valence-corrected chi connectivity index (χ3v) is 4.25. The van der Waals surface area contributed by atoms with Gasteiger partial charge in [0.05, 0.1) is 6.61 Å². The van der Waals surface area contributed by atoms with Crippen molar-refractivity contribution in [3.05, 3.63) is 89.7 Å². The average molecular weight is 394 g/mol. The van der Waals surface area contributed by atoms with Crippen LogP contribution in [-0.2, 0) is 22.6 Å². The molecule has 0 saturated carbocycles. The minimum Gasteiger partial charge on any atom is -0.486 e. The van der Waals surface area contributed by atoms with Gasteiger partial charge in [-0.15, -0.1) is 0 Å². The summed E-state index contributed by atoms with van der Waals surface area (Å²) in [7, 11) is 0. The van der Waals surface area contributed by atoms with E-state index < -0.39 is 5.82 Å². The highest BCUT2D eigenvalue weighted by atomic mass is 19.1. The van der Waals surface area contributed by atoms with E-state index in [2.05, 4.69) is 0 Å². The highest BCUT2D eigenvalue weighted by Gasteiger charge is 2.10. The van der Waals surface area contributed by atoms with Crippen LogP contribution in [0.3, 0.4) is 0 Å². The number of halogens is 1. The quantitative estimate of drug-likeness (QED) is 0.437. The number of benzene rings is 3. The Kier molecular flexibility index (Phi) is 7.22. The first kappa shape index (κ1) is 20.4. The molecule has 5 heteroatoms. The Morgan fingerprint density at radius 3 is 2.45 bits per heavy atom. The fourth-order valence-electron chi connectivity index (χ4n) is 2.79. The number of hydrogen-bond acceptors (Lipinski definition) is 4. The summed E-state index contributed by atoms with van der Waals surface area (Å²) in [5, 5.41) is 0. The van der Waals surface area contributed by atoms with E-state index in [1.165, 1.54) is 6.07 Å². The highest BCUT2D eigenvalue weighted by molar-refractivity contribution is 5.69. The lowest BCUT2D eigenvalue weighted by molar-refractivity contribution is -0.143. The molecule has 4 nitrogen and oxygen atoms in total. The minimum atomic E-state index is -0.465. The van der Waals surface area contributed by atoms with Crippen molar-refractivity contribution in [3.63, 3.8) is 0 Å². The van der Waals surface area contributed by atoms with Gasteiger partial charge in [-0.1, -0.05) is 42.5 Å². The van der Waals surface area contributed by atoms with Gasteiger partial charge in [-0.05, 0) is 49.2 Å². The van der Waals surface area contributed by atoms with Crippen LogP contribution in [0.1, 0.15) is 24.5 Å². The van der Waals surface area contributed by atoms with Crippen LogP contribution in [0.5, 0.6) is 17.2 Å². The predicted molar refractivity (Wildman–Crippen MR) is 109 cm³/mol. The van der Waals surface area contributed by atoms with Crippen LogP contribution in [0.25, 0.3) is 0 Å². The van der Waals surface area contributed by atoms with Gasteiger partial charge in [0.25, 0.3) is 0 Å². The molecule has 0 radical (unpaired) electrons. The summed E-state index contributed by atoms with van der Waals surface area (Å²) in [5.74, 6) is 0.776. The molecular weight excluding hydrogens is 371 g/mol. The fraction of sp³-hybridized carbons (Fsp3) is 0.208. The second-order valence-electron chi connectivity index (χ2n) is 6.38. The van der Waals surface area contributed by atoms with Crippen LogP contribution < -0.4 is 9.47 Å². The molecule has 29 heavy (non-hydrogen) atoms. The van der Waals surface area contributed by atoms with Crippen molar-refractivity contribution in [2.24, 2.45) is 0 Å². The molecule has 3 aromatic rings. The van der Waals surface area contributed by atoms with Crippen LogP contribution in [0.2, 0.25) is 0 Å². The van der Waals surface area contributed by atoms with Crippen molar-refractivity contribution in [1.29, 1.82) is 0 Å². The first-order valence-electron chi connectivity index (χ1n) is 9.53. The molecule has 0 saturated heterocycles. The van der Waals surface area contributed by atoms with Crippen molar-refractivity contribution in [1.82, 2.24) is 0 Å². The molecule has 0 aliphatic carbocycles. The van der Waals surface area contributed by atoms with E-state index >= 15 is 0 Å². The zero-order chi connectivity index (χ0) is 20.5. The Hall–Kier alpha value is -3.34. The molecule has 0 heterocycles. The number of para-hydroxylation sites is 2. The van der Waals surface area contributed by atoms with Crippen LogP contribution in [0, 0.1) is 5.82 Å². The van der Waals surface area contributed by atoms with E-state index in [9.17, 15) is 9.18 Å². The zero-order valence-corrected chi connectivity index (χ0v) is 16.3.